The van der Waals surface area contributed by atoms with Crippen LogP contribution in [0.1, 0.15) is 27.0 Å². The van der Waals surface area contributed by atoms with Crippen LogP contribution in [0.4, 0.5) is 0 Å². The van der Waals surface area contributed by atoms with E-state index in [2.05, 4.69) is 0 Å². The van der Waals surface area contributed by atoms with E-state index < -0.39 is 5.97 Å². The summed E-state index contributed by atoms with van der Waals surface area (Å²) in [6.45, 7) is 0.449. The van der Waals surface area contributed by atoms with Crippen molar-refractivity contribution in [1.82, 2.24) is 0 Å². The van der Waals surface area contributed by atoms with Gasteiger partial charge in [-0.25, -0.2) is 4.79 Å². The Bertz CT molecular complexity index is 954. The molecule has 0 aliphatic carbocycles. The molecule has 3 aromatic carbocycles. The van der Waals surface area contributed by atoms with Gasteiger partial charge in [-0.1, -0.05) is 48.0 Å². The van der Waals surface area contributed by atoms with Crippen LogP contribution in [0, 0.1) is 0 Å². The minimum Gasteiger partial charge on any atom is -0.496 e. The van der Waals surface area contributed by atoms with Gasteiger partial charge in [-0.05, 0) is 54.3 Å². The highest BCUT2D eigenvalue weighted by molar-refractivity contribution is 6.30. The standard InChI is InChI=1S/C23H21ClO4/c1-27-22-9-5-8-20(23(25)26)19(22)12-10-17-14-18(24)11-13-21(17)28-15-16-6-3-2-4-7-16/h2-9,11,13-14H,10,12,15H2,1H3,(H,25,26). The minimum atomic E-state index is -0.972. The fourth-order valence-corrected chi connectivity index (χ4v) is 3.29. The molecule has 28 heavy (non-hydrogen) atoms. The van der Waals surface area contributed by atoms with Gasteiger partial charge in [0.1, 0.15) is 18.1 Å². The molecule has 144 valence electrons. The van der Waals surface area contributed by atoms with Crippen molar-refractivity contribution in [3.63, 3.8) is 0 Å². The molecule has 0 aliphatic heterocycles. The first-order chi connectivity index (χ1) is 13.6. The third-order valence-electron chi connectivity index (χ3n) is 4.49. The Kier molecular flexibility index (Phi) is 6.56. The van der Waals surface area contributed by atoms with Gasteiger partial charge in [0.2, 0.25) is 0 Å². The number of methoxy groups -OCH3 is 1. The second kappa shape index (κ2) is 9.29. The molecular weight excluding hydrogens is 376 g/mol. The summed E-state index contributed by atoms with van der Waals surface area (Å²) in [4.78, 5) is 11.6. The minimum absolute atomic E-state index is 0.244. The van der Waals surface area contributed by atoms with Crippen LogP contribution < -0.4 is 9.47 Å². The van der Waals surface area contributed by atoms with Crippen LogP contribution in [-0.4, -0.2) is 18.2 Å². The largest absolute Gasteiger partial charge is 0.496 e. The number of hydrogen-bond acceptors (Lipinski definition) is 3. The molecule has 0 unspecified atom stereocenters. The van der Waals surface area contributed by atoms with Crippen LogP contribution in [0.2, 0.25) is 5.02 Å². The Balaban J connectivity index is 1.81. The van der Waals surface area contributed by atoms with E-state index in [1.165, 1.54) is 7.11 Å². The van der Waals surface area contributed by atoms with Crippen molar-refractivity contribution in [1.29, 1.82) is 0 Å². The Hall–Kier alpha value is -2.98. The molecule has 0 radical (unpaired) electrons. The van der Waals surface area contributed by atoms with Crippen LogP contribution in [-0.2, 0) is 19.4 Å². The molecule has 3 aromatic rings. The fraction of sp³-hybridized carbons (Fsp3) is 0.174. The first-order valence-electron chi connectivity index (χ1n) is 8.93. The zero-order chi connectivity index (χ0) is 19.9. The highest BCUT2D eigenvalue weighted by atomic mass is 35.5. The highest BCUT2D eigenvalue weighted by Gasteiger charge is 2.16. The zero-order valence-corrected chi connectivity index (χ0v) is 16.3. The summed E-state index contributed by atoms with van der Waals surface area (Å²) in [5, 5.41) is 10.1. The summed E-state index contributed by atoms with van der Waals surface area (Å²) < 4.78 is 11.4. The van der Waals surface area contributed by atoms with E-state index in [4.69, 9.17) is 21.1 Å². The Morgan fingerprint density at radius 1 is 0.964 bits per heavy atom. The van der Waals surface area contributed by atoms with Gasteiger partial charge in [0.05, 0.1) is 12.7 Å². The molecule has 4 nitrogen and oxygen atoms in total. The first kappa shape index (κ1) is 19.8. The molecule has 1 N–H and O–H groups in total. The summed E-state index contributed by atoms with van der Waals surface area (Å²) in [7, 11) is 1.54. The molecule has 0 atom stereocenters. The number of halogens is 1. The summed E-state index contributed by atoms with van der Waals surface area (Å²) >= 11 is 6.18. The summed E-state index contributed by atoms with van der Waals surface area (Å²) in [6.07, 6.45) is 1.07. The molecule has 0 aromatic heterocycles. The monoisotopic (exact) mass is 396 g/mol. The van der Waals surface area contributed by atoms with Crippen LogP contribution in [0.25, 0.3) is 0 Å². The third-order valence-corrected chi connectivity index (χ3v) is 4.72. The molecule has 0 saturated carbocycles. The molecule has 0 amide bonds. The second-order valence-corrected chi connectivity index (χ2v) is 6.75. The molecule has 0 bridgehead atoms. The lowest BCUT2D eigenvalue weighted by Crippen LogP contribution is -2.07. The van der Waals surface area contributed by atoms with Crippen LogP contribution in [0.5, 0.6) is 11.5 Å². The SMILES string of the molecule is COc1cccc(C(=O)O)c1CCc1cc(Cl)ccc1OCc1ccccc1. The Labute approximate surface area is 169 Å². The van der Waals surface area contributed by atoms with Gasteiger partial charge in [0.25, 0.3) is 0 Å². The van der Waals surface area contributed by atoms with Crippen LogP contribution in [0.3, 0.4) is 0 Å². The van der Waals surface area contributed by atoms with E-state index in [9.17, 15) is 9.90 Å². The number of carboxylic acids is 1. The number of hydrogen-bond donors (Lipinski definition) is 1. The Morgan fingerprint density at radius 2 is 1.75 bits per heavy atom. The lowest BCUT2D eigenvalue weighted by Gasteiger charge is -2.15. The van der Waals surface area contributed by atoms with Crippen molar-refractivity contribution in [2.45, 2.75) is 19.4 Å². The van der Waals surface area contributed by atoms with Gasteiger partial charge in [-0.15, -0.1) is 0 Å². The quantitative estimate of drug-likeness (QED) is 0.553. The maximum Gasteiger partial charge on any atom is 0.336 e. The van der Waals surface area contributed by atoms with E-state index >= 15 is 0 Å². The van der Waals surface area contributed by atoms with Gasteiger partial charge in [0, 0.05) is 10.6 Å². The second-order valence-electron chi connectivity index (χ2n) is 6.32. The van der Waals surface area contributed by atoms with Gasteiger partial charge >= 0.3 is 5.97 Å². The van der Waals surface area contributed by atoms with Crippen molar-refractivity contribution in [2.24, 2.45) is 0 Å². The summed E-state index contributed by atoms with van der Waals surface area (Å²) in [5.41, 5.74) is 2.89. The van der Waals surface area contributed by atoms with E-state index in [1.807, 2.05) is 42.5 Å². The van der Waals surface area contributed by atoms with Crippen molar-refractivity contribution >= 4 is 17.6 Å². The lowest BCUT2D eigenvalue weighted by atomic mass is 9.98. The predicted octanol–water partition coefficient (Wildman–Crippen LogP) is 5.41. The van der Waals surface area contributed by atoms with Gasteiger partial charge in [0.15, 0.2) is 0 Å². The number of aromatic carboxylic acids is 1. The van der Waals surface area contributed by atoms with Crippen LogP contribution >= 0.6 is 11.6 Å². The smallest absolute Gasteiger partial charge is 0.336 e. The normalized spacial score (nSPS) is 10.5. The van der Waals surface area contributed by atoms with Crippen molar-refractivity contribution in [3.8, 4) is 11.5 Å². The number of carbonyl (C=O) groups is 1. The predicted molar refractivity (Wildman–Crippen MR) is 110 cm³/mol. The summed E-state index contributed by atoms with van der Waals surface area (Å²) in [6, 6.07) is 20.4. The van der Waals surface area contributed by atoms with Gasteiger partial charge in [-0.3, -0.25) is 0 Å². The topological polar surface area (TPSA) is 55.8 Å². The average Bonchev–Trinajstić information content (AvgIpc) is 2.71. The van der Waals surface area contributed by atoms with Crippen molar-refractivity contribution in [2.75, 3.05) is 7.11 Å². The zero-order valence-electron chi connectivity index (χ0n) is 15.5. The van der Waals surface area contributed by atoms with E-state index in [0.717, 1.165) is 16.9 Å². The van der Waals surface area contributed by atoms with E-state index in [0.29, 0.717) is 35.8 Å². The van der Waals surface area contributed by atoms with Crippen molar-refractivity contribution < 1.29 is 19.4 Å². The number of aryl methyl sites for hydroxylation is 1. The molecule has 5 heteroatoms. The van der Waals surface area contributed by atoms with E-state index in [-0.39, 0.29) is 5.56 Å². The maximum absolute atomic E-state index is 11.6. The van der Waals surface area contributed by atoms with E-state index in [1.54, 1.807) is 24.3 Å². The number of rotatable bonds is 8. The average molecular weight is 397 g/mol. The molecule has 0 spiro atoms. The highest BCUT2D eigenvalue weighted by Crippen LogP contribution is 2.29. The summed E-state index contributed by atoms with van der Waals surface area (Å²) in [5.74, 6) is 0.328. The Morgan fingerprint density at radius 3 is 2.46 bits per heavy atom. The van der Waals surface area contributed by atoms with Gasteiger partial charge in [-0.2, -0.15) is 0 Å². The van der Waals surface area contributed by atoms with Crippen molar-refractivity contribution in [3.05, 3.63) is 94.0 Å². The molecule has 0 saturated heterocycles. The maximum atomic E-state index is 11.6. The number of ether oxygens (including phenoxy) is 2. The molecular formula is C23H21ClO4. The number of benzene rings is 3. The molecule has 0 fully saturated rings. The molecule has 0 heterocycles. The third kappa shape index (κ3) is 4.84. The fourth-order valence-electron chi connectivity index (χ4n) is 3.09. The lowest BCUT2D eigenvalue weighted by molar-refractivity contribution is 0.0695. The molecule has 0 aliphatic rings. The molecule has 3 rings (SSSR count). The number of carboxylic acid groups (broad SMARTS) is 1. The van der Waals surface area contributed by atoms with Gasteiger partial charge < -0.3 is 14.6 Å². The van der Waals surface area contributed by atoms with Crippen LogP contribution in [0.15, 0.2) is 66.7 Å². The first-order valence-corrected chi connectivity index (χ1v) is 9.30.